The topological polar surface area (TPSA) is 41.6 Å². The predicted octanol–water partition coefficient (Wildman–Crippen LogP) is 4.99. The lowest BCUT2D eigenvalue weighted by molar-refractivity contribution is 0.0920. The predicted molar refractivity (Wildman–Crippen MR) is 119 cm³/mol. The van der Waals surface area contributed by atoms with Gasteiger partial charge in [-0.05, 0) is 62.0 Å². The van der Waals surface area contributed by atoms with E-state index in [4.69, 9.17) is 4.74 Å². The molecule has 1 saturated heterocycles. The van der Waals surface area contributed by atoms with Gasteiger partial charge in [-0.25, -0.2) is 0 Å². The van der Waals surface area contributed by atoms with Crippen LogP contribution >= 0.6 is 0 Å². The molecule has 3 rings (SSSR count). The second-order valence-electron chi connectivity index (χ2n) is 7.76. The monoisotopic (exact) mass is 394 g/mol. The van der Waals surface area contributed by atoms with Gasteiger partial charge in [0.2, 0.25) is 0 Å². The zero-order chi connectivity index (χ0) is 20.5. The molecular formula is C25H34N2O2. The number of likely N-dealkylation sites (tertiary alicyclic amines) is 1. The van der Waals surface area contributed by atoms with Gasteiger partial charge in [-0.15, -0.1) is 0 Å². The van der Waals surface area contributed by atoms with Crippen LogP contribution in [0.2, 0.25) is 0 Å². The molecule has 4 heteroatoms. The first-order chi connectivity index (χ1) is 14.2. The van der Waals surface area contributed by atoms with Crippen molar-refractivity contribution in [3.8, 4) is 5.75 Å². The average Bonchev–Trinajstić information content (AvgIpc) is 2.79. The van der Waals surface area contributed by atoms with E-state index < -0.39 is 0 Å². The van der Waals surface area contributed by atoms with Crippen LogP contribution in [-0.4, -0.2) is 37.0 Å². The summed E-state index contributed by atoms with van der Waals surface area (Å²) < 4.78 is 5.77. The van der Waals surface area contributed by atoms with Crippen molar-refractivity contribution in [1.29, 1.82) is 0 Å². The number of hydrogen-bond acceptors (Lipinski definition) is 3. The lowest BCUT2D eigenvalue weighted by Gasteiger charge is -2.35. The van der Waals surface area contributed by atoms with Crippen LogP contribution < -0.4 is 10.1 Å². The summed E-state index contributed by atoms with van der Waals surface area (Å²) in [5, 5.41) is 3.18. The number of nitrogens with zero attached hydrogens (tertiary/aromatic N) is 1. The third-order valence-electron chi connectivity index (χ3n) is 5.65. The quantitative estimate of drug-likeness (QED) is 0.651. The van der Waals surface area contributed by atoms with Crippen LogP contribution in [-0.2, 0) is 6.42 Å². The molecule has 1 atom stereocenters. The van der Waals surface area contributed by atoms with Crippen molar-refractivity contribution >= 4 is 5.91 Å². The van der Waals surface area contributed by atoms with E-state index in [0.29, 0.717) is 24.5 Å². The maximum Gasteiger partial charge on any atom is 0.255 e. The fraction of sp³-hybridized carbons (Fsp3) is 0.480. The Labute approximate surface area is 175 Å². The molecule has 1 fully saturated rings. The molecule has 29 heavy (non-hydrogen) atoms. The highest BCUT2D eigenvalue weighted by Crippen LogP contribution is 2.25. The molecule has 0 bridgehead atoms. The smallest absolute Gasteiger partial charge is 0.255 e. The molecule has 156 valence electrons. The highest BCUT2D eigenvalue weighted by molar-refractivity contribution is 5.96. The van der Waals surface area contributed by atoms with Crippen LogP contribution in [0.4, 0.5) is 0 Å². The molecule has 1 amide bonds. The number of carbonyl (C=O) groups excluding carboxylic acids is 1. The molecule has 0 radical (unpaired) electrons. The average molecular weight is 395 g/mol. The number of carbonyl (C=O) groups is 1. The summed E-state index contributed by atoms with van der Waals surface area (Å²) in [6.45, 7) is 7.64. The number of nitrogens with one attached hydrogen (secondary N) is 1. The van der Waals surface area contributed by atoms with Crippen LogP contribution in [0.25, 0.3) is 0 Å². The van der Waals surface area contributed by atoms with E-state index in [9.17, 15) is 4.79 Å². The van der Waals surface area contributed by atoms with Gasteiger partial charge in [0, 0.05) is 6.54 Å². The molecule has 1 aliphatic rings. The third kappa shape index (κ3) is 5.83. The molecule has 1 unspecified atom stereocenters. The normalized spacial score (nSPS) is 15.7. The van der Waals surface area contributed by atoms with E-state index in [2.05, 4.69) is 48.3 Å². The largest absolute Gasteiger partial charge is 0.493 e. The molecule has 1 heterocycles. The van der Waals surface area contributed by atoms with Crippen molar-refractivity contribution in [3.05, 3.63) is 65.2 Å². The first kappa shape index (κ1) is 21.4. The van der Waals surface area contributed by atoms with Gasteiger partial charge in [0.1, 0.15) is 5.75 Å². The van der Waals surface area contributed by atoms with Crippen LogP contribution in [0.15, 0.2) is 48.5 Å². The Morgan fingerprint density at radius 2 is 1.76 bits per heavy atom. The second kappa shape index (κ2) is 11.0. The number of ether oxygens (including phenoxy) is 1. The number of hydrogen-bond donors (Lipinski definition) is 1. The van der Waals surface area contributed by atoms with E-state index in [0.717, 1.165) is 25.9 Å². The molecule has 2 aromatic rings. The van der Waals surface area contributed by atoms with Crippen molar-refractivity contribution in [2.24, 2.45) is 0 Å². The minimum absolute atomic E-state index is 0.0658. The maximum absolute atomic E-state index is 12.9. The lowest BCUT2D eigenvalue weighted by Crippen LogP contribution is -2.40. The Hall–Kier alpha value is -2.33. The van der Waals surface area contributed by atoms with Gasteiger partial charge in [0.15, 0.2) is 0 Å². The summed E-state index contributed by atoms with van der Waals surface area (Å²) >= 11 is 0. The molecule has 0 spiro atoms. The summed E-state index contributed by atoms with van der Waals surface area (Å²) in [4.78, 5) is 15.5. The fourth-order valence-electron chi connectivity index (χ4n) is 3.94. The lowest BCUT2D eigenvalue weighted by atomic mass is 9.99. The Balaban J connectivity index is 1.73. The highest BCUT2D eigenvalue weighted by Gasteiger charge is 2.23. The van der Waals surface area contributed by atoms with Crippen LogP contribution in [0.3, 0.4) is 0 Å². The minimum atomic E-state index is -0.0658. The van der Waals surface area contributed by atoms with E-state index in [1.807, 2.05) is 24.3 Å². The van der Waals surface area contributed by atoms with Gasteiger partial charge in [-0.3, -0.25) is 9.69 Å². The highest BCUT2D eigenvalue weighted by atomic mass is 16.5. The van der Waals surface area contributed by atoms with Gasteiger partial charge >= 0.3 is 0 Å². The van der Waals surface area contributed by atoms with E-state index in [1.165, 1.54) is 30.4 Å². The SMILES string of the molecule is CCCOc1ccccc1C(=O)NCC(c1ccc(CC)cc1)N1CCCCC1. The molecule has 1 N–H and O–H groups in total. The van der Waals surface area contributed by atoms with E-state index in [-0.39, 0.29) is 11.9 Å². The summed E-state index contributed by atoms with van der Waals surface area (Å²) in [5.41, 5.74) is 3.23. The number of rotatable bonds is 9. The number of benzene rings is 2. The van der Waals surface area contributed by atoms with Crippen molar-refractivity contribution in [2.45, 2.75) is 52.0 Å². The van der Waals surface area contributed by atoms with Gasteiger partial charge in [-0.1, -0.05) is 56.7 Å². The Bertz CT molecular complexity index is 767. The molecular weight excluding hydrogens is 360 g/mol. The van der Waals surface area contributed by atoms with Gasteiger partial charge in [0.05, 0.1) is 18.2 Å². The van der Waals surface area contributed by atoms with E-state index in [1.54, 1.807) is 0 Å². The zero-order valence-electron chi connectivity index (χ0n) is 17.8. The molecule has 1 aliphatic heterocycles. The first-order valence-electron chi connectivity index (χ1n) is 11.1. The number of amides is 1. The molecule has 0 saturated carbocycles. The van der Waals surface area contributed by atoms with Crippen LogP contribution in [0.1, 0.15) is 67.1 Å². The molecule has 0 aliphatic carbocycles. The van der Waals surface area contributed by atoms with Crippen LogP contribution in [0.5, 0.6) is 5.75 Å². The Kier molecular flexibility index (Phi) is 8.12. The molecule has 0 aromatic heterocycles. The maximum atomic E-state index is 12.9. The number of aryl methyl sites for hydroxylation is 1. The summed E-state index contributed by atoms with van der Waals surface area (Å²) in [6.07, 6.45) is 5.71. The standard InChI is InChI=1S/C25H34N2O2/c1-3-18-29-24-11-7-6-10-22(24)25(28)26-19-23(27-16-8-5-9-17-27)21-14-12-20(4-2)13-15-21/h6-7,10-15,23H,3-5,8-9,16-19H2,1-2H3,(H,26,28). The van der Waals surface area contributed by atoms with Crippen molar-refractivity contribution in [3.63, 3.8) is 0 Å². The molecule has 4 nitrogen and oxygen atoms in total. The van der Waals surface area contributed by atoms with E-state index >= 15 is 0 Å². The summed E-state index contributed by atoms with van der Waals surface area (Å²) in [6, 6.07) is 16.6. The zero-order valence-corrected chi connectivity index (χ0v) is 17.8. The van der Waals surface area contributed by atoms with Gasteiger partial charge in [0.25, 0.3) is 5.91 Å². The fourth-order valence-corrected chi connectivity index (χ4v) is 3.94. The first-order valence-corrected chi connectivity index (χ1v) is 11.1. The Morgan fingerprint density at radius 3 is 2.45 bits per heavy atom. The van der Waals surface area contributed by atoms with Crippen molar-refractivity contribution < 1.29 is 9.53 Å². The van der Waals surface area contributed by atoms with Crippen LogP contribution in [0, 0.1) is 0 Å². The minimum Gasteiger partial charge on any atom is -0.493 e. The van der Waals surface area contributed by atoms with Gasteiger partial charge < -0.3 is 10.1 Å². The van der Waals surface area contributed by atoms with Crippen molar-refractivity contribution in [1.82, 2.24) is 10.2 Å². The summed E-state index contributed by atoms with van der Waals surface area (Å²) in [7, 11) is 0. The summed E-state index contributed by atoms with van der Waals surface area (Å²) in [5.74, 6) is 0.595. The van der Waals surface area contributed by atoms with Crippen molar-refractivity contribution in [2.75, 3.05) is 26.2 Å². The molecule has 2 aromatic carbocycles. The Morgan fingerprint density at radius 1 is 1.03 bits per heavy atom. The second-order valence-corrected chi connectivity index (χ2v) is 7.76. The number of piperidine rings is 1. The van der Waals surface area contributed by atoms with Gasteiger partial charge in [-0.2, -0.15) is 0 Å². The third-order valence-corrected chi connectivity index (χ3v) is 5.65. The number of para-hydroxylation sites is 1.